The van der Waals surface area contributed by atoms with E-state index in [0.717, 1.165) is 17.3 Å². The van der Waals surface area contributed by atoms with E-state index in [9.17, 15) is 0 Å². The first kappa shape index (κ1) is 14.2. The van der Waals surface area contributed by atoms with Crippen molar-refractivity contribution in [3.63, 3.8) is 0 Å². The molecule has 104 valence electrons. The molecule has 1 nitrogen and oxygen atoms in total. The number of fused-ring (bicyclic) bond motifs is 1. The minimum Gasteiger partial charge on any atom is -0.327 e. The highest BCUT2D eigenvalue weighted by atomic mass is 79.9. The first-order valence-corrected chi connectivity index (χ1v) is 8.72. The maximum Gasteiger partial charge on any atom is 0.0175 e. The van der Waals surface area contributed by atoms with E-state index >= 15 is 0 Å². The number of hydrogen-bond acceptors (Lipinski definition) is 2. The summed E-state index contributed by atoms with van der Waals surface area (Å²) < 4.78 is 1.12. The molecule has 0 fully saturated rings. The molecule has 1 aliphatic rings. The molecular weight excluding hydrogens is 330 g/mol. The van der Waals surface area contributed by atoms with Crippen molar-refractivity contribution in [1.29, 1.82) is 0 Å². The van der Waals surface area contributed by atoms with Crippen molar-refractivity contribution >= 4 is 27.7 Å². The summed E-state index contributed by atoms with van der Waals surface area (Å²) in [6.45, 7) is 0. The number of nitrogens with two attached hydrogens (primary N) is 1. The summed E-state index contributed by atoms with van der Waals surface area (Å²) >= 11 is 5.43. The van der Waals surface area contributed by atoms with Gasteiger partial charge in [0, 0.05) is 21.2 Å². The predicted octanol–water partition coefficient (Wildman–Crippen LogP) is 4.60. The lowest BCUT2D eigenvalue weighted by Crippen LogP contribution is -2.25. The van der Waals surface area contributed by atoms with Crippen LogP contribution in [0.5, 0.6) is 0 Å². The van der Waals surface area contributed by atoms with E-state index in [-0.39, 0.29) is 6.04 Å². The third-order valence-corrected chi connectivity index (χ3v) is 5.58. The van der Waals surface area contributed by atoms with E-state index in [1.165, 1.54) is 21.8 Å². The molecule has 2 N–H and O–H groups in total. The minimum absolute atomic E-state index is 0.230. The fourth-order valence-electron chi connectivity index (χ4n) is 2.80. The smallest absolute Gasteiger partial charge is 0.0175 e. The zero-order chi connectivity index (χ0) is 13.9. The second-order valence-electron chi connectivity index (χ2n) is 5.37. The number of rotatable bonds is 4. The lowest BCUT2D eigenvalue weighted by atomic mass is 9.91. The average Bonchev–Trinajstić information content (AvgIpc) is 2.85. The molecule has 2 aromatic rings. The van der Waals surface area contributed by atoms with Crippen molar-refractivity contribution in [3.8, 4) is 0 Å². The lowest BCUT2D eigenvalue weighted by molar-refractivity contribution is 0.554. The van der Waals surface area contributed by atoms with Gasteiger partial charge in [-0.1, -0.05) is 46.3 Å². The Morgan fingerprint density at radius 2 is 1.90 bits per heavy atom. The molecule has 0 spiro atoms. The highest BCUT2D eigenvalue weighted by molar-refractivity contribution is 9.10. The predicted molar refractivity (Wildman–Crippen MR) is 90.3 cm³/mol. The van der Waals surface area contributed by atoms with Crippen LogP contribution in [0.4, 0.5) is 0 Å². The molecule has 2 aromatic carbocycles. The summed E-state index contributed by atoms with van der Waals surface area (Å²) in [4.78, 5) is 1.44. The van der Waals surface area contributed by atoms with E-state index in [2.05, 4.69) is 64.5 Å². The first-order chi connectivity index (χ1) is 9.72. The van der Waals surface area contributed by atoms with Crippen LogP contribution < -0.4 is 5.73 Å². The Hall–Kier alpha value is -0.770. The van der Waals surface area contributed by atoms with E-state index in [1.807, 2.05) is 11.8 Å². The monoisotopic (exact) mass is 347 g/mol. The normalized spacial score (nSPS) is 18.8. The molecule has 0 radical (unpaired) electrons. The summed E-state index contributed by atoms with van der Waals surface area (Å²) in [6, 6.07) is 17.4. The van der Waals surface area contributed by atoms with Crippen LogP contribution in [0, 0.1) is 0 Å². The second kappa shape index (κ2) is 6.33. The topological polar surface area (TPSA) is 26.0 Å². The number of benzene rings is 2. The fourth-order valence-corrected chi connectivity index (χ4v) is 4.33. The third-order valence-electron chi connectivity index (χ3n) is 3.80. The average molecular weight is 348 g/mol. The Kier molecular flexibility index (Phi) is 4.49. The van der Waals surface area contributed by atoms with Gasteiger partial charge in [0.2, 0.25) is 0 Å². The molecule has 0 aromatic heterocycles. The fraction of sp³-hybridized carbons (Fsp3) is 0.294. The van der Waals surface area contributed by atoms with Gasteiger partial charge in [0.05, 0.1) is 0 Å². The van der Waals surface area contributed by atoms with Gasteiger partial charge in [-0.15, -0.1) is 11.8 Å². The lowest BCUT2D eigenvalue weighted by Gasteiger charge is -2.17. The van der Waals surface area contributed by atoms with Crippen LogP contribution in [0.1, 0.15) is 23.5 Å². The summed E-state index contributed by atoms with van der Waals surface area (Å²) in [7, 11) is 0. The number of hydrogen-bond donors (Lipinski definition) is 1. The van der Waals surface area contributed by atoms with Crippen molar-refractivity contribution < 1.29 is 0 Å². The van der Waals surface area contributed by atoms with Crippen LogP contribution in [-0.2, 0) is 6.42 Å². The van der Waals surface area contributed by atoms with Gasteiger partial charge in [-0.2, -0.15) is 0 Å². The zero-order valence-corrected chi connectivity index (χ0v) is 13.7. The third kappa shape index (κ3) is 3.27. The molecule has 1 aliphatic heterocycles. The van der Waals surface area contributed by atoms with E-state index in [0.29, 0.717) is 5.92 Å². The SMILES string of the molecule is NC(Cc1ccc(Br)cc1)CC1CSc2ccccc21. The molecular formula is C17H18BrNS. The largest absolute Gasteiger partial charge is 0.327 e. The van der Waals surface area contributed by atoms with Crippen molar-refractivity contribution in [1.82, 2.24) is 0 Å². The van der Waals surface area contributed by atoms with E-state index < -0.39 is 0 Å². The van der Waals surface area contributed by atoms with Crippen LogP contribution in [0.2, 0.25) is 0 Å². The van der Waals surface area contributed by atoms with E-state index in [4.69, 9.17) is 5.73 Å². The highest BCUT2D eigenvalue weighted by Crippen LogP contribution is 2.41. The molecule has 0 saturated heterocycles. The van der Waals surface area contributed by atoms with Gasteiger partial charge in [0.25, 0.3) is 0 Å². The second-order valence-corrected chi connectivity index (χ2v) is 7.35. The Bertz CT molecular complexity index is 582. The molecule has 0 bridgehead atoms. The first-order valence-electron chi connectivity index (χ1n) is 6.94. The minimum atomic E-state index is 0.230. The highest BCUT2D eigenvalue weighted by Gasteiger charge is 2.24. The van der Waals surface area contributed by atoms with Crippen LogP contribution in [0.25, 0.3) is 0 Å². The molecule has 0 amide bonds. The maximum atomic E-state index is 6.36. The van der Waals surface area contributed by atoms with Crippen molar-refractivity contribution in [2.45, 2.75) is 29.7 Å². The molecule has 0 saturated carbocycles. The Balaban J connectivity index is 1.62. The number of thioether (sulfide) groups is 1. The Morgan fingerprint density at radius 3 is 2.70 bits per heavy atom. The quantitative estimate of drug-likeness (QED) is 0.874. The molecule has 20 heavy (non-hydrogen) atoms. The summed E-state index contributed by atoms with van der Waals surface area (Å²) in [5, 5.41) is 0. The van der Waals surface area contributed by atoms with Crippen molar-refractivity contribution in [3.05, 3.63) is 64.1 Å². The summed E-state index contributed by atoms with van der Waals surface area (Å²) in [5.41, 5.74) is 9.17. The number of halogens is 1. The summed E-state index contributed by atoms with van der Waals surface area (Å²) in [5.74, 6) is 1.79. The Labute approximate surface area is 133 Å². The molecule has 2 atom stereocenters. The van der Waals surface area contributed by atoms with Gasteiger partial charge in [0.1, 0.15) is 0 Å². The maximum absolute atomic E-state index is 6.36. The molecule has 0 aliphatic carbocycles. The van der Waals surface area contributed by atoms with Crippen molar-refractivity contribution in [2.75, 3.05) is 5.75 Å². The molecule has 3 heteroatoms. The Morgan fingerprint density at radius 1 is 1.15 bits per heavy atom. The molecule has 2 unspecified atom stereocenters. The molecule has 1 heterocycles. The van der Waals surface area contributed by atoms with Crippen LogP contribution in [-0.4, -0.2) is 11.8 Å². The molecule has 3 rings (SSSR count). The zero-order valence-electron chi connectivity index (χ0n) is 11.3. The van der Waals surface area contributed by atoms with Gasteiger partial charge in [-0.25, -0.2) is 0 Å². The van der Waals surface area contributed by atoms with E-state index in [1.54, 1.807) is 0 Å². The van der Waals surface area contributed by atoms with Crippen LogP contribution in [0.15, 0.2) is 57.9 Å². The van der Waals surface area contributed by atoms with Crippen molar-refractivity contribution in [2.24, 2.45) is 5.73 Å². The van der Waals surface area contributed by atoms with Crippen LogP contribution >= 0.6 is 27.7 Å². The summed E-state index contributed by atoms with van der Waals surface area (Å²) in [6.07, 6.45) is 2.02. The van der Waals surface area contributed by atoms with Gasteiger partial charge in [-0.05, 0) is 48.1 Å². The van der Waals surface area contributed by atoms with Gasteiger partial charge < -0.3 is 5.73 Å². The van der Waals surface area contributed by atoms with Gasteiger partial charge >= 0.3 is 0 Å². The van der Waals surface area contributed by atoms with Gasteiger partial charge in [-0.3, -0.25) is 0 Å². The standard InChI is InChI=1S/C17H18BrNS/c18-14-7-5-12(6-8-14)9-15(19)10-13-11-20-17-4-2-1-3-16(13)17/h1-8,13,15H,9-11,19H2. The van der Waals surface area contributed by atoms with Crippen LogP contribution in [0.3, 0.4) is 0 Å². The van der Waals surface area contributed by atoms with Gasteiger partial charge in [0.15, 0.2) is 0 Å².